The minimum Gasteiger partial charge on any atom is -0.377 e. The summed E-state index contributed by atoms with van der Waals surface area (Å²) in [6, 6.07) is 10.5. The van der Waals surface area contributed by atoms with E-state index >= 15 is 0 Å². The Morgan fingerprint density at radius 1 is 1.12 bits per heavy atom. The zero-order valence-electron chi connectivity index (χ0n) is 10.1. The maximum absolute atomic E-state index is 9.64. The van der Waals surface area contributed by atoms with Crippen molar-refractivity contribution in [2.45, 2.75) is 12.8 Å². The Bertz CT molecular complexity index is 323. The average Bonchev–Trinajstić information content (AvgIpc) is 2.40. The second-order valence-corrected chi connectivity index (χ2v) is 4.51. The number of aliphatic hydroxyl groups excluding tert-OH is 1. The first-order chi connectivity index (χ1) is 8.29. The van der Waals surface area contributed by atoms with E-state index < -0.39 is 6.23 Å². The predicted molar refractivity (Wildman–Crippen MR) is 68.4 cm³/mol. The van der Waals surface area contributed by atoms with Crippen molar-refractivity contribution in [3.63, 3.8) is 0 Å². The Hall–Kier alpha value is -0.940. The largest absolute Gasteiger partial charge is 0.377 e. The minimum absolute atomic E-state index is 0.318. The summed E-state index contributed by atoms with van der Waals surface area (Å²) in [6.07, 6.45) is -0.478. The van der Waals surface area contributed by atoms with E-state index in [2.05, 4.69) is 29.2 Å². The monoisotopic (exact) mass is 235 g/mol. The molecule has 0 aliphatic carbocycles. The summed E-state index contributed by atoms with van der Waals surface area (Å²) in [5, 5.41) is 9.64. The first kappa shape index (κ1) is 12.5. The number of benzene rings is 1. The highest BCUT2D eigenvalue weighted by molar-refractivity contribution is 5.14. The molecule has 1 fully saturated rings. The van der Waals surface area contributed by atoms with Gasteiger partial charge in [0, 0.05) is 39.3 Å². The third-order valence-corrected chi connectivity index (χ3v) is 3.29. The van der Waals surface area contributed by atoms with Crippen LogP contribution in [0.1, 0.15) is 5.56 Å². The molecule has 3 N–H and O–H groups in total. The predicted octanol–water partition coefficient (Wildman–Crippen LogP) is 0.0813. The molecule has 0 aromatic heterocycles. The third-order valence-electron chi connectivity index (χ3n) is 3.29. The van der Waals surface area contributed by atoms with Crippen LogP contribution in [0.25, 0.3) is 0 Å². The molecular weight excluding hydrogens is 214 g/mol. The molecule has 1 aliphatic heterocycles. The van der Waals surface area contributed by atoms with Crippen molar-refractivity contribution in [3.8, 4) is 0 Å². The summed E-state index contributed by atoms with van der Waals surface area (Å²) in [7, 11) is 0. The number of aliphatic hydroxyl groups is 1. The highest BCUT2D eigenvalue weighted by Crippen LogP contribution is 2.09. The Balaban J connectivity index is 1.80. The first-order valence-electron chi connectivity index (χ1n) is 6.18. The van der Waals surface area contributed by atoms with Crippen molar-refractivity contribution < 1.29 is 5.11 Å². The molecule has 0 bridgehead atoms. The summed E-state index contributed by atoms with van der Waals surface area (Å²) in [5.41, 5.74) is 6.80. The molecule has 2 rings (SSSR count). The lowest BCUT2D eigenvalue weighted by Crippen LogP contribution is -2.51. The normalized spacial score (nSPS) is 20.4. The van der Waals surface area contributed by atoms with Crippen LogP contribution < -0.4 is 5.73 Å². The molecule has 1 aromatic rings. The lowest BCUT2D eigenvalue weighted by atomic mass is 10.2. The molecule has 0 radical (unpaired) electrons. The number of hydrogen-bond donors (Lipinski definition) is 2. The van der Waals surface area contributed by atoms with Crippen molar-refractivity contribution in [1.82, 2.24) is 9.80 Å². The van der Waals surface area contributed by atoms with E-state index in [0.717, 1.165) is 32.7 Å². The van der Waals surface area contributed by atoms with Crippen LogP contribution in [-0.4, -0.2) is 53.9 Å². The Labute approximate surface area is 103 Å². The van der Waals surface area contributed by atoms with Gasteiger partial charge in [0.1, 0.15) is 6.23 Å². The Morgan fingerprint density at radius 2 is 1.76 bits per heavy atom. The van der Waals surface area contributed by atoms with Crippen LogP contribution in [0.3, 0.4) is 0 Å². The lowest BCUT2D eigenvalue weighted by molar-refractivity contribution is -0.0202. The van der Waals surface area contributed by atoms with Crippen LogP contribution in [0.4, 0.5) is 0 Å². The van der Waals surface area contributed by atoms with Gasteiger partial charge in [-0.25, -0.2) is 0 Å². The molecule has 0 amide bonds. The van der Waals surface area contributed by atoms with Crippen LogP contribution in [0, 0.1) is 0 Å². The van der Waals surface area contributed by atoms with Crippen molar-refractivity contribution >= 4 is 0 Å². The van der Waals surface area contributed by atoms with E-state index in [9.17, 15) is 5.11 Å². The van der Waals surface area contributed by atoms with E-state index in [4.69, 9.17) is 5.73 Å². The van der Waals surface area contributed by atoms with Gasteiger partial charge in [0.05, 0.1) is 0 Å². The number of hydrogen-bond acceptors (Lipinski definition) is 4. The van der Waals surface area contributed by atoms with E-state index in [1.54, 1.807) is 0 Å². The number of piperazine rings is 1. The quantitative estimate of drug-likeness (QED) is 0.776. The number of rotatable bonds is 4. The molecule has 1 aliphatic rings. The standard InChI is InChI=1S/C13H21N3O/c14-10-13(17)16-8-6-15(7-9-16)11-12-4-2-1-3-5-12/h1-5,13,17H,6-11,14H2. The molecule has 1 heterocycles. The van der Waals surface area contributed by atoms with Crippen LogP contribution in [-0.2, 0) is 6.54 Å². The fourth-order valence-electron chi connectivity index (χ4n) is 2.21. The molecular formula is C13H21N3O. The third kappa shape index (κ3) is 3.51. The van der Waals surface area contributed by atoms with Gasteiger partial charge in [-0.3, -0.25) is 9.80 Å². The topological polar surface area (TPSA) is 52.7 Å². The van der Waals surface area contributed by atoms with Crippen LogP contribution in [0.2, 0.25) is 0 Å². The summed E-state index contributed by atoms with van der Waals surface area (Å²) < 4.78 is 0. The Morgan fingerprint density at radius 3 is 2.35 bits per heavy atom. The van der Waals surface area contributed by atoms with Crippen LogP contribution in [0.5, 0.6) is 0 Å². The number of nitrogens with two attached hydrogens (primary N) is 1. The van der Waals surface area contributed by atoms with Gasteiger partial charge in [0.2, 0.25) is 0 Å². The molecule has 17 heavy (non-hydrogen) atoms. The summed E-state index contributed by atoms with van der Waals surface area (Å²) >= 11 is 0. The highest BCUT2D eigenvalue weighted by atomic mass is 16.3. The zero-order chi connectivity index (χ0) is 12.1. The van der Waals surface area contributed by atoms with Crippen molar-refractivity contribution in [2.75, 3.05) is 32.7 Å². The minimum atomic E-state index is -0.478. The van der Waals surface area contributed by atoms with E-state index in [-0.39, 0.29) is 0 Å². The van der Waals surface area contributed by atoms with Gasteiger partial charge >= 0.3 is 0 Å². The molecule has 4 nitrogen and oxygen atoms in total. The summed E-state index contributed by atoms with van der Waals surface area (Å²) in [6.45, 7) is 5.08. The van der Waals surface area contributed by atoms with Gasteiger partial charge in [-0.2, -0.15) is 0 Å². The molecule has 1 unspecified atom stereocenters. The summed E-state index contributed by atoms with van der Waals surface area (Å²) in [4.78, 5) is 4.45. The smallest absolute Gasteiger partial charge is 0.119 e. The van der Waals surface area contributed by atoms with Crippen molar-refractivity contribution in [1.29, 1.82) is 0 Å². The lowest BCUT2D eigenvalue weighted by Gasteiger charge is -2.36. The van der Waals surface area contributed by atoms with Gasteiger partial charge in [-0.05, 0) is 5.56 Å². The van der Waals surface area contributed by atoms with Gasteiger partial charge in [0.25, 0.3) is 0 Å². The first-order valence-corrected chi connectivity index (χ1v) is 6.18. The Kier molecular flexibility index (Phi) is 4.50. The zero-order valence-corrected chi connectivity index (χ0v) is 10.1. The maximum atomic E-state index is 9.64. The fraction of sp³-hybridized carbons (Fsp3) is 0.538. The molecule has 94 valence electrons. The molecule has 0 spiro atoms. The second-order valence-electron chi connectivity index (χ2n) is 4.51. The van der Waals surface area contributed by atoms with Crippen molar-refractivity contribution in [2.24, 2.45) is 5.73 Å². The van der Waals surface area contributed by atoms with Gasteiger partial charge in [-0.1, -0.05) is 30.3 Å². The molecule has 1 aromatic carbocycles. The fourth-order valence-corrected chi connectivity index (χ4v) is 2.21. The molecule has 4 heteroatoms. The maximum Gasteiger partial charge on any atom is 0.119 e. The summed E-state index contributed by atoms with van der Waals surface area (Å²) in [5.74, 6) is 0. The van der Waals surface area contributed by atoms with E-state index in [1.165, 1.54) is 5.56 Å². The van der Waals surface area contributed by atoms with Gasteiger partial charge in [0.15, 0.2) is 0 Å². The van der Waals surface area contributed by atoms with Crippen LogP contribution in [0.15, 0.2) is 30.3 Å². The average molecular weight is 235 g/mol. The van der Waals surface area contributed by atoms with Crippen molar-refractivity contribution in [3.05, 3.63) is 35.9 Å². The molecule has 1 saturated heterocycles. The highest BCUT2D eigenvalue weighted by Gasteiger charge is 2.20. The van der Waals surface area contributed by atoms with E-state index in [1.807, 2.05) is 11.0 Å². The van der Waals surface area contributed by atoms with Gasteiger partial charge < -0.3 is 10.8 Å². The number of nitrogens with zero attached hydrogens (tertiary/aromatic N) is 2. The van der Waals surface area contributed by atoms with Gasteiger partial charge in [-0.15, -0.1) is 0 Å². The SMILES string of the molecule is NCC(O)N1CCN(Cc2ccccc2)CC1. The molecule has 0 saturated carbocycles. The van der Waals surface area contributed by atoms with Crippen LogP contribution >= 0.6 is 0 Å². The molecule has 1 atom stereocenters. The van der Waals surface area contributed by atoms with E-state index in [0.29, 0.717) is 6.54 Å². The second kappa shape index (κ2) is 6.12.